The summed E-state index contributed by atoms with van der Waals surface area (Å²) in [6.07, 6.45) is 3.16. The van der Waals surface area contributed by atoms with Crippen LogP contribution in [0, 0.1) is 0 Å². The maximum Gasteiger partial charge on any atom is 0.241 e. The van der Waals surface area contributed by atoms with Crippen molar-refractivity contribution in [3.8, 4) is 22.5 Å². The molecule has 0 spiro atoms. The number of benzene rings is 2. The van der Waals surface area contributed by atoms with Crippen LogP contribution in [0.1, 0.15) is 5.56 Å². The zero-order valence-electron chi connectivity index (χ0n) is 15.0. The highest BCUT2D eigenvalue weighted by Crippen LogP contribution is 2.37. The zero-order valence-corrected chi connectivity index (χ0v) is 17.3. The molecule has 4 aromatic rings. The predicted molar refractivity (Wildman–Crippen MR) is 114 cm³/mol. The fraction of sp³-hybridized carbons (Fsp3) is 0.0476. The second kappa shape index (κ2) is 8.55. The Bertz CT molecular complexity index is 1160. The van der Waals surface area contributed by atoms with Crippen LogP contribution in [-0.2, 0) is 11.2 Å². The topological polar surface area (TPSA) is 80.9 Å². The maximum absolute atomic E-state index is 12.6. The first-order valence-corrected chi connectivity index (χ1v) is 9.84. The van der Waals surface area contributed by atoms with E-state index in [2.05, 4.69) is 36.4 Å². The predicted octanol–water partition coefficient (Wildman–Crippen LogP) is 5.40. The van der Waals surface area contributed by atoms with Gasteiger partial charge in [0.25, 0.3) is 0 Å². The summed E-state index contributed by atoms with van der Waals surface area (Å²) in [7, 11) is 0. The van der Waals surface area contributed by atoms with Gasteiger partial charge < -0.3 is 4.52 Å². The van der Waals surface area contributed by atoms with Crippen LogP contribution in [0.3, 0.4) is 0 Å². The van der Waals surface area contributed by atoms with Crippen molar-refractivity contribution >= 4 is 39.3 Å². The van der Waals surface area contributed by atoms with Crippen LogP contribution in [0.25, 0.3) is 22.5 Å². The number of aromatic nitrogens is 3. The lowest BCUT2D eigenvalue weighted by Crippen LogP contribution is -2.14. The molecule has 2 heterocycles. The first-order chi connectivity index (χ1) is 14.1. The molecule has 1 amide bonds. The van der Waals surface area contributed by atoms with Crippen molar-refractivity contribution in [2.75, 3.05) is 5.32 Å². The molecule has 0 bridgehead atoms. The summed E-state index contributed by atoms with van der Waals surface area (Å²) >= 11 is 9.63. The van der Waals surface area contributed by atoms with Crippen molar-refractivity contribution in [3.05, 3.63) is 82.2 Å². The third-order valence-electron chi connectivity index (χ3n) is 4.19. The first-order valence-electron chi connectivity index (χ1n) is 8.67. The number of rotatable bonds is 5. The summed E-state index contributed by atoms with van der Waals surface area (Å²) in [5.41, 5.74) is 3.28. The molecular weight excluding hydrogens is 456 g/mol. The average Bonchev–Trinajstić information content (AvgIpc) is 3.14. The van der Waals surface area contributed by atoms with Gasteiger partial charge in [0.2, 0.25) is 11.8 Å². The third kappa shape index (κ3) is 4.36. The minimum atomic E-state index is -0.273. The van der Waals surface area contributed by atoms with Gasteiger partial charge in [-0.2, -0.15) is 0 Å². The number of halogens is 2. The van der Waals surface area contributed by atoms with E-state index in [4.69, 9.17) is 16.1 Å². The molecule has 4 rings (SSSR count). The van der Waals surface area contributed by atoms with Gasteiger partial charge in [-0.25, -0.2) is 9.97 Å². The summed E-state index contributed by atoms with van der Waals surface area (Å²) in [4.78, 5) is 20.9. The number of nitrogens with one attached hydrogen (secondary N) is 1. The lowest BCUT2D eigenvalue weighted by Gasteiger charge is -2.07. The molecule has 0 saturated heterocycles. The number of nitrogens with zero attached hydrogens (tertiary/aromatic N) is 3. The van der Waals surface area contributed by atoms with E-state index >= 15 is 0 Å². The molecule has 0 unspecified atom stereocenters. The lowest BCUT2D eigenvalue weighted by atomic mass is 10.0. The van der Waals surface area contributed by atoms with Crippen molar-refractivity contribution < 1.29 is 9.32 Å². The summed E-state index contributed by atoms with van der Waals surface area (Å²) in [6.45, 7) is 0. The SMILES string of the molecule is O=C(Cc1ccccc1Cl)Nc1onc(-c2cccc(Br)c2)c1-c1ccncn1. The van der Waals surface area contributed by atoms with E-state index in [1.165, 1.54) is 6.33 Å². The molecule has 144 valence electrons. The van der Waals surface area contributed by atoms with E-state index in [0.717, 1.165) is 15.6 Å². The Morgan fingerprint density at radius 1 is 1.14 bits per heavy atom. The van der Waals surface area contributed by atoms with Crippen molar-refractivity contribution in [1.82, 2.24) is 15.1 Å². The molecule has 2 aromatic heterocycles. The van der Waals surface area contributed by atoms with Gasteiger partial charge >= 0.3 is 0 Å². The Kier molecular flexibility index (Phi) is 5.69. The molecular formula is C21H14BrClN4O2. The fourth-order valence-electron chi connectivity index (χ4n) is 2.87. The Hall–Kier alpha value is -3.03. The molecule has 0 atom stereocenters. The van der Waals surface area contributed by atoms with Gasteiger partial charge in [-0.05, 0) is 29.8 Å². The average molecular weight is 470 g/mol. The van der Waals surface area contributed by atoms with Crippen molar-refractivity contribution in [3.63, 3.8) is 0 Å². The molecule has 1 N–H and O–H groups in total. The van der Waals surface area contributed by atoms with Gasteiger partial charge in [0, 0.05) is 21.3 Å². The van der Waals surface area contributed by atoms with E-state index in [9.17, 15) is 4.79 Å². The van der Waals surface area contributed by atoms with Crippen LogP contribution in [-0.4, -0.2) is 21.0 Å². The molecule has 8 heteroatoms. The maximum atomic E-state index is 12.6. The number of carbonyl (C=O) groups is 1. The fourth-order valence-corrected chi connectivity index (χ4v) is 3.47. The number of anilines is 1. The quantitative estimate of drug-likeness (QED) is 0.423. The highest BCUT2D eigenvalue weighted by atomic mass is 79.9. The molecule has 0 fully saturated rings. The van der Waals surface area contributed by atoms with E-state index in [0.29, 0.717) is 22.0 Å². The largest absolute Gasteiger partial charge is 0.337 e. The minimum Gasteiger partial charge on any atom is -0.337 e. The summed E-state index contributed by atoms with van der Waals surface area (Å²) in [6, 6.07) is 16.6. The molecule has 2 aromatic carbocycles. The van der Waals surface area contributed by atoms with Crippen molar-refractivity contribution in [2.24, 2.45) is 0 Å². The Morgan fingerprint density at radius 2 is 2.00 bits per heavy atom. The van der Waals surface area contributed by atoms with Gasteiger partial charge in [0.1, 0.15) is 12.0 Å². The third-order valence-corrected chi connectivity index (χ3v) is 5.05. The van der Waals surface area contributed by atoms with Gasteiger partial charge in [-0.1, -0.05) is 63.0 Å². The van der Waals surface area contributed by atoms with E-state index in [1.807, 2.05) is 36.4 Å². The molecule has 29 heavy (non-hydrogen) atoms. The van der Waals surface area contributed by atoms with Gasteiger partial charge in [0.15, 0.2) is 0 Å². The highest BCUT2D eigenvalue weighted by molar-refractivity contribution is 9.10. The van der Waals surface area contributed by atoms with Crippen LogP contribution < -0.4 is 5.32 Å². The van der Waals surface area contributed by atoms with Crippen LogP contribution >= 0.6 is 27.5 Å². The summed E-state index contributed by atoms with van der Waals surface area (Å²) < 4.78 is 6.39. The molecule has 0 radical (unpaired) electrons. The van der Waals surface area contributed by atoms with E-state index in [-0.39, 0.29) is 18.2 Å². The van der Waals surface area contributed by atoms with Crippen LogP contribution in [0.15, 0.2) is 76.1 Å². The first kappa shape index (κ1) is 19.3. The van der Waals surface area contributed by atoms with Gasteiger partial charge in [0.05, 0.1) is 17.7 Å². The Labute approximate surface area is 180 Å². The monoisotopic (exact) mass is 468 g/mol. The minimum absolute atomic E-state index is 0.107. The number of carbonyl (C=O) groups excluding carboxylic acids is 1. The molecule has 6 nitrogen and oxygen atoms in total. The van der Waals surface area contributed by atoms with Crippen LogP contribution in [0.4, 0.5) is 5.88 Å². The normalized spacial score (nSPS) is 10.7. The number of hydrogen-bond acceptors (Lipinski definition) is 5. The number of amides is 1. The van der Waals surface area contributed by atoms with E-state index < -0.39 is 0 Å². The van der Waals surface area contributed by atoms with Gasteiger partial charge in [-0.15, -0.1) is 0 Å². The summed E-state index contributed by atoms with van der Waals surface area (Å²) in [5, 5.41) is 7.51. The lowest BCUT2D eigenvalue weighted by molar-refractivity contribution is -0.115. The van der Waals surface area contributed by atoms with Crippen LogP contribution in [0.2, 0.25) is 5.02 Å². The molecule has 0 aliphatic rings. The molecule has 0 saturated carbocycles. The van der Waals surface area contributed by atoms with Gasteiger partial charge in [-0.3, -0.25) is 10.1 Å². The molecule has 0 aliphatic heterocycles. The molecule has 0 aliphatic carbocycles. The standard InChI is InChI=1S/C21H14BrClN4O2/c22-15-6-3-5-14(10-15)20-19(17-8-9-24-12-25-17)21(29-27-20)26-18(28)11-13-4-1-2-7-16(13)23/h1-10,12H,11H2,(H,26,28). The number of hydrogen-bond donors (Lipinski definition) is 1. The van der Waals surface area contributed by atoms with Crippen LogP contribution in [0.5, 0.6) is 0 Å². The van der Waals surface area contributed by atoms with E-state index in [1.54, 1.807) is 24.4 Å². The Balaban J connectivity index is 1.70. The van der Waals surface area contributed by atoms with Crippen molar-refractivity contribution in [2.45, 2.75) is 6.42 Å². The Morgan fingerprint density at radius 3 is 2.76 bits per heavy atom. The summed E-state index contributed by atoms with van der Waals surface area (Å²) in [5.74, 6) is -0.0546. The second-order valence-electron chi connectivity index (χ2n) is 6.16. The van der Waals surface area contributed by atoms with Crippen molar-refractivity contribution in [1.29, 1.82) is 0 Å². The smallest absolute Gasteiger partial charge is 0.241 e. The highest BCUT2D eigenvalue weighted by Gasteiger charge is 2.22. The zero-order chi connectivity index (χ0) is 20.2. The second-order valence-corrected chi connectivity index (χ2v) is 7.48.